The zero-order chi connectivity index (χ0) is 15.7. The molecule has 0 aliphatic carbocycles. The van der Waals surface area contributed by atoms with E-state index in [0.717, 1.165) is 12.0 Å². The summed E-state index contributed by atoms with van der Waals surface area (Å²) in [5.41, 5.74) is 2.56. The first kappa shape index (κ1) is 14.8. The first-order valence-corrected chi connectivity index (χ1v) is 8.41. The van der Waals surface area contributed by atoms with E-state index in [1.807, 2.05) is 30.5 Å². The summed E-state index contributed by atoms with van der Waals surface area (Å²) in [5.74, 6) is 0.0259. The number of carbonyl (C=O) groups excluding carboxylic acids is 1. The first-order valence-electron chi connectivity index (χ1n) is 7.19. The minimum atomic E-state index is -0.248. The molecular formula is C16H17N3O2S. The standard InChI is InChI=1S/C16H17N3O2S/c1-3-9-4-6-10(7-5-9)11-8-12(20)17-14-13(11)15(21)19-16(18-14)22-2/h4-7,11H,3,8H2,1-2H3,(H2,17,18,19,20,21)/t11-/m0/s1. The van der Waals surface area contributed by atoms with Crippen LogP contribution in [0.5, 0.6) is 0 Å². The Hall–Kier alpha value is -2.08. The number of amides is 1. The highest BCUT2D eigenvalue weighted by atomic mass is 32.2. The molecular weight excluding hydrogens is 298 g/mol. The third-order valence-corrected chi connectivity index (χ3v) is 4.49. The number of hydrogen-bond donors (Lipinski definition) is 2. The highest BCUT2D eigenvalue weighted by Crippen LogP contribution is 2.34. The molecule has 0 saturated heterocycles. The number of aryl methyl sites for hydroxylation is 1. The van der Waals surface area contributed by atoms with Crippen LogP contribution in [0.25, 0.3) is 0 Å². The Morgan fingerprint density at radius 2 is 2.00 bits per heavy atom. The van der Waals surface area contributed by atoms with Crippen molar-refractivity contribution in [1.29, 1.82) is 0 Å². The number of fused-ring (bicyclic) bond motifs is 1. The SMILES string of the molecule is CCc1ccc([C@@H]2CC(=O)Nc3nc(SC)[nH]c(=O)c32)cc1. The lowest BCUT2D eigenvalue weighted by molar-refractivity contribution is -0.116. The molecule has 1 amide bonds. The van der Waals surface area contributed by atoms with Gasteiger partial charge in [-0.15, -0.1) is 0 Å². The largest absolute Gasteiger partial charge is 0.310 e. The molecule has 1 aliphatic rings. The summed E-state index contributed by atoms with van der Waals surface area (Å²) in [6.07, 6.45) is 3.05. The van der Waals surface area contributed by atoms with Crippen molar-refractivity contribution in [3.63, 3.8) is 0 Å². The summed E-state index contributed by atoms with van der Waals surface area (Å²) in [4.78, 5) is 31.5. The van der Waals surface area contributed by atoms with Gasteiger partial charge in [0.05, 0.1) is 5.56 Å². The molecule has 114 valence electrons. The van der Waals surface area contributed by atoms with Crippen molar-refractivity contribution < 1.29 is 4.79 Å². The molecule has 2 N–H and O–H groups in total. The summed E-state index contributed by atoms with van der Waals surface area (Å²) >= 11 is 1.34. The third-order valence-electron chi connectivity index (χ3n) is 3.91. The van der Waals surface area contributed by atoms with Crippen molar-refractivity contribution in [2.45, 2.75) is 30.8 Å². The van der Waals surface area contributed by atoms with Crippen molar-refractivity contribution in [2.24, 2.45) is 0 Å². The normalized spacial score (nSPS) is 17.0. The van der Waals surface area contributed by atoms with Crippen LogP contribution in [0.3, 0.4) is 0 Å². The van der Waals surface area contributed by atoms with E-state index in [4.69, 9.17) is 0 Å². The van der Waals surface area contributed by atoms with E-state index in [-0.39, 0.29) is 23.8 Å². The van der Waals surface area contributed by atoms with Crippen LogP contribution in [0, 0.1) is 0 Å². The maximum Gasteiger partial charge on any atom is 0.257 e. The molecule has 6 heteroatoms. The van der Waals surface area contributed by atoms with Crippen LogP contribution in [0.2, 0.25) is 0 Å². The number of anilines is 1. The smallest absolute Gasteiger partial charge is 0.257 e. The van der Waals surface area contributed by atoms with Gasteiger partial charge in [0.1, 0.15) is 5.82 Å². The number of rotatable bonds is 3. The first-order chi connectivity index (χ1) is 10.6. The van der Waals surface area contributed by atoms with Gasteiger partial charge < -0.3 is 10.3 Å². The van der Waals surface area contributed by atoms with E-state index in [2.05, 4.69) is 22.2 Å². The minimum absolute atomic E-state index is 0.109. The highest BCUT2D eigenvalue weighted by molar-refractivity contribution is 7.98. The Morgan fingerprint density at radius 1 is 1.27 bits per heavy atom. The number of carbonyl (C=O) groups is 1. The van der Waals surface area contributed by atoms with E-state index in [1.54, 1.807) is 0 Å². The topological polar surface area (TPSA) is 74.8 Å². The van der Waals surface area contributed by atoms with E-state index in [9.17, 15) is 9.59 Å². The van der Waals surface area contributed by atoms with E-state index in [1.165, 1.54) is 17.3 Å². The van der Waals surface area contributed by atoms with Crippen LogP contribution in [-0.4, -0.2) is 22.1 Å². The van der Waals surface area contributed by atoms with Gasteiger partial charge in [-0.25, -0.2) is 4.98 Å². The summed E-state index contributed by atoms with van der Waals surface area (Å²) < 4.78 is 0. The number of H-pyrrole nitrogens is 1. The lowest BCUT2D eigenvalue weighted by atomic mass is 9.86. The van der Waals surface area contributed by atoms with Gasteiger partial charge >= 0.3 is 0 Å². The van der Waals surface area contributed by atoms with Crippen molar-refractivity contribution in [3.05, 3.63) is 51.3 Å². The average Bonchev–Trinajstić information content (AvgIpc) is 2.53. The van der Waals surface area contributed by atoms with Crippen LogP contribution in [0.4, 0.5) is 5.82 Å². The summed E-state index contributed by atoms with van der Waals surface area (Å²) in [5, 5.41) is 3.22. The van der Waals surface area contributed by atoms with Crippen molar-refractivity contribution in [1.82, 2.24) is 9.97 Å². The second-order valence-corrected chi connectivity index (χ2v) is 6.03. The minimum Gasteiger partial charge on any atom is -0.310 e. The molecule has 0 bridgehead atoms. The molecule has 1 aromatic carbocycles. The molecule has 3 rings (SSSR count). The lowest BCUT2D eigenvalue weighted by Gasteiger charge is -2.24. The van der Waals surface area contributed by atoms with Crippen LogP contribution in [0.1, 0.15) is 36.0 Å². The molecule has 0 unspecified atom stereocenters. The van der Waals surface area contributed by atoms with Gasteiger partial charge in [-0.05, 0) is 23.8 Å². The zero-order valence-electron chi connectivity index (χ0n) is 12.5. The van der Waals surface area contributed by atoms with E-state index >= 15 is 0 Å². The fourth-order valence-corrected chi connectivity index (χ4v) is 3.10. The third kappa shape index (κ3) is 2.66. The van der Waals surface area contributed by atoms with Crippen LogP contribution in [0.15, 0.2) is 34.2 Å². The fraction of sp³-hybridized carbons (Fsp3) is 0.312. The Labute approximate surface area is 132 Å². The maximum atomic E-state index is 12.4. The molecule has 22 heavy (non-hydrogen) atoms. The summed E-state index contributed by atoms with van der Waals surface area (Å²) in [6, 6.07) is 8.07. The molecule has 1 aromatic heterocycles. The molecule has 0 saturated carbocycles. The Morgan fingerprint density at radius 3 is 2.64 bits per heavy atom. The number of nitrogens with zero attached hydrogens (tertiary/aromatic N) is 1. The van der Waals surface area contributed by atoms with Crippen LogP contribution >= 0.6 is 11.8 Å². The predicted octanol–water partition coefficient (Wildman–Crippen LogP) is 2.53. The predicted molar refractivity (Wildman–Crippen MR) is 87.5 cm³/mol. The molecule has 0 radical (unpaired) electrons. The summed E-state index contributed by atoms with van der Waals surface area (Å²) in [7, 11) is 0. The lowest BCUT2D eigenvalue weighted by Crippen LogP contribution is -2.31. The van der Waals surface area contributed by atoms with Gasteiger partial charge in [0.2, 0.25) is 5.91 Å². The van der Waals surface area contributed by atoms with E-state index in [0.29, 0.717) is 16.5 Å². The van der Waals surface area contributed by atoms with Gasteiger partial charge in [-0.3, -0.25) is 9.59 Å². The second kappa shape index (κ2) is 5.96. The molecule has 5 nitrogen and oxygen atoms in total. The molecule has 0 spiro atoms. The molecule has 1 atom stereocenters. The number of hydrogen-bond acceptors (Lipinski definition) is 4. The van der Waals surface area contributed by atoms with Crippen molar-refractivity contribution in [2.75, 3.05) is 11.6 Å². The average molecular weight is 315 g/mol. The number of nitrogens with one attached hydrogen (secondary N) is 2. The molecule has 0 fully saturated rings. The van der Waals surface area contributed by atoms with Gasteiger partial charge in [0, 0.05) is 12.3 Å². The van der Waals surface area contributed by atoms with Crippen molar-refractivity contribution >= 4 is 23.5 Å². The molecule has 1 aliphatic heterocycles. The monoisotopic (exact) mass is 315 g/mol. The quantitative estimate of drug-likeness (QED) is 0.674. The Kier molecular flexibility index (Phi) is 4.02. The second-order valence-electron chi connectivity index (χ2n) is 5.24. The molecule has 2 heterocycles. The zero-order valence-corrected chi connectivity index (χ0v) is 13.3. The van der Waals surface area contributed by atoms with Crippen molar-refractivity contribution in [3.8, 4) is 0 Å². The number of aromatic nitrogens is 2. The van der Waals surface area contributed by atoms with Crippen LogP contribution in [-0.2, 0) is 11.2 Å². The fourth-order valence-electron chi connectivity index (χ4n) is 2.72. The Balaban J connectivity index is 2.10. The van der Waals surface area contributed by atoms with Gasteiger partial charge in [0.15, 0.2) is 5.16 Å². The van der Waals surface area contributed by atoms with Gasteiger partial charge in [0.25, 0.3) is 5.56 Å². The van der Waals surface area contributed by atoms with Gasteiger partial charge in [-0.1, -0.05) is 43.0 Å². The maximum absolute atomic E-state index is 12.4. The van der Waals surface area contributed by atoms with E-state index < -0.39 is 0 Å². The highest BCUT2D eigenvalue weighted by Gasteiger charge is 2.30. The summed E-state index contributed by atoms with van der Waals surface area (Å²) in [6.45, 7) is 2.09. The number of benzene rings is 1. The number of aromatic amines is 1. The molecule has 2 aromatic rings. The van der Waals surface area contributed by atoms with Gasteiger partial charge in [-0.2, -0.15) is 0 Å². The Bertz CT molecular complexity index is 768. The number of thioether (sulfide) groups is 1. The van der Waals surface area contributed by atoms with Crippen LogP contribution < -0.4 is 10.9 Å².